The van der Waals surface area contributed by atoms with Gasteiger partial charge in [0, 0.05) is 12.2 Å². The van der Waals surface area contributed by atoms with Gasteiger partial charge in [-0.2, -0.15) is 5.10 Å². The van der Waals surface area contributed by atoms with E-state index in [0.717, 1.165) is 17.0 Å². The zero-order valence-electron chi connectivity index (χ0n) is 12.5. The Labute approximate surface area is 123 Å². The lowest BCUT2D eigenvalue weighted by atomic mass is 10.2. The van der Waals surface area contributed by atoms with Gasteiger partial charge in [0.25, 0.3) is 5.91 Å². The molecule has 0 fully saturated rings. The summed E-state index contributed by atoms with van der Waals surface area (Å²) in [7, 11) is 0. The number of carbonyl (C=O) groups excluding carboxylic acids is 1. The molecule has 1 aromatic heterocycles. The van der Waals surface area contributed by atoms with Crippen molar-refractivity contribution in [1.82, 2.24) is 9.78 Å². The Hall–Kier alpha value is -2.50. The quantitative estimate of drug-likeness (QED) is 0.885. The molecule has 0 aliphatic carbocycles. The molecule has 0 aliphatic heterocycles. The lowest BCUT2D eigenvalue weighted by Gasteiger charge is -2.11. The van der Waals surface area contributed by atoms with E-state index < -0.39 is 0 Å². The van der Waals surface area contributed by atoms with Crippen molar-refractivity contribution in [2.45, 2.75) is 27.3 Å². The predicted molar refractivity (Wildman–Crippen MR) is 82.6 cm³/mol. The van der Waals surface area contributed by atoms with E-state index in [1.165, 1.54) is 6.20 Å². The van der Waals surface area contributed by atoms with E-state index in [2.05, 4.69) is 10.4 Å². The van der Waals surface area contributed by atoms with E-state index in [9.17, 15) is 4.79 Å². The molecule has 1 aromatic carbocycles. The zero-order valence-corrected chi connectivity index (χ0v) is 12.5. The minimum atomic E-state index is -0.265. The number of nitrogens with two attached hydrogens (primary N) is 1. The molecule has 1 heterocycles. The Morgan fingerprint density at radius 1 is 1.43 bits per heavy atom. The molecule has 0 spiro atoms. The van der Waals surface area contributed by atoms with Crippen molar-refractivity contribution in [3.8, 4) is 5.75 Å². The summed E-state index contributed by atoms with van der Waals surface area (Å²) in [5.74, 6) is 0.519. The molecule has 0 bridgehead atoms. The number of carbonyl (C=O) groups is 1. The van der Waals surface area contributed by atoms with Gasteiger partial charge in [-0.05, 0) is 44.5 Å². The topological polar surface area (TPSA) is 82.2 Å². The number of rotatable bonds is 5. The second-order valence-corrected chi connectivity index (χ2v) is 4.63. The van der Waals surface area contributed by atoms with Crippen LogP contribution in [0.4, 0.5) is 11.4 Å². The highest BCUT2D eigenvalue weighted by Gasteiger charge is 2.17. The van der Waals surface area contributed by atoms with Gasteiger partial charge < -0.3 is 15.8 Å². The average Bonchev–Trinajstić information content (AvgIpc) is 2.83. The number of anilines is 2. The van der Waals surface area contributed by atoms with Gasteiger partial charge in [0.15, 0.2) is 0 Å². The molecule has 1 amide bonds. The fourth-order valence-electron chi connectivity index (χ4n) is 2.10. The molecule has 0 radical (unpaired) electrons. The molecule has 0 saturated heterocycles. The first-order valence-electron chi connectivity index (χ1n) is 6.92. The van der Waals surface area contributed by atoms with Crippen molar-refractivity contribution in [2.24, 2.45) is 0 Å². The van der Waals surface area contributed by atoms with Crippen molar-refractivity contribution in [1.29, 1.82) is 0 Å². The van der Waals surface area contributed by atoms with E-state index in [4.69, 9.17) is 10.5 Å². The summed E-state index contributed by atoms with van der Waals surface area (Å²) in [6.45, 7) is 6.95. The van der Waals surface area contributed by atoms with Gasteiger partial charge in [-0.3, -0.25) is 9.48 Å². The minimum Gasteiger partial charge on any atom is -0.494 e. The molecule has 112 valence electrons. The van der Waals surface area contributed by atoms with Crippen LogP contribution in [0.3, 0.4) is 0 Å². The maximum atomic E-state index is 12.4. The lowest BCUT2D eigenvalue weighted by Crippen LogP contribution is -2.19. The van der Waals surface area contributed by atoms with Gasteiger partial charge in [0.05, 0.1) is 18.5 Å². The highest BCUT2D eigenvalue weighted by molar-refractivity contribution is 6.06. The Bertz CT molecular complexity index is 649. The summed E-state index contributed by atoms with van der Waals surface area (Å²) in [6, 6.07) is 5.53. The number of nitrogen functional groups attached to an aromatic ring is 1. The molecule has 2 aromatic rings. The van der Waals surface area contributed by atoms with Gasteiger partial charge >= 0.3 is 0 Å². The Morgan fingerprint density at radius 2 is 2.19 bits per heavy atom. The normalized spacial score (nSPS) is 10.4. The van der Waals surface area contributed by atoms with E-state index in [1.54, 1.807) is 4.68 Å². The second-order valence-electron chi connectivity index (χ2n) is 4.63. The lowest BCUT2D eigenvalue weighted by molar-refractivity contribution is 0.101. The molecule has 3 N–H and O–H groups in total. The number of hydrogen-bond acceptors (Lipinski definition) is 4. The van der Waals surface area contributed by atoms with Gasteiger partial charge in [-0.1, -0.05) is 0 Å². The van der Waals surface area contributed by atoms with Crippen LogP contribution in [0.2, 0.25) is 0 Å². The van der Waals surface area contributed by atoms with Crippen LogP contribution in [-0.4, -0.2) is 22.3 Å². The summed E-state index contributed by atoms with van der Waals surface area (Å²) in [5.41, 5.74) is 8.22. The minimum absolute atomic E-state index is 0.265. The van der Waals surface area contributed by atoms with Crippen molar-refractivity contribution in [3.05, 3.63) is 35.7 Å². The van der Waals surface area contributed by atoms with Gasteiger partial charge in [-0.15, -0.1) is 0 Å². The average molecular weight is 288 g/mol. The van der Waals surface area contributed by atoms with E-state index in [0.29, 0.717) is 24.5 Å². The highest BCUT2D eigenvalue weighted by atomic mass is 16.5. The summed E-state index contributed by atoms with van der Waals surface area (Å²) in [6.07, 6.45) is 1.49. The zero-order chi connectivity index (χ0) is 15.4. The number of amides is 1. The first-order chi connectivity index (χ1) is 10.1. The molecule has 21 heavy (non-hydrogen) atoms. The predicted octanol–water partition coefficient (Wildman–Crippen LogP) is 2.44. The molecule has 0 saturated carbocycles. The third kappa shape index (κ3) is 3.16. The monoisotopic (exact) mass is 288 g/mol. The molecule has 0 unspecified atom stereocenters. The van der Waals surface area contributed by atoms with Crippen LogP contribution in [0.25, 0.3) is 0 Å². The number of nitrogens with zero attached hydrogens (tertiary/aromatic N) is 2. The van der Waals surface area contributed by atoms with Gasteiger partial charge in [0.1, 0.15) is 11.4 Å². The SMILES string of the molecule is CCOc1ccc(NC(=O)c2c(N)cnn2CC)c(C)c1. The molecule has 2 rings (SSSR count). The summed E-state index contributed by atoms with van der Waals surface area (Å²) in [5, 5.41) is 6.93. The second kappa shape index (κ2) is 6.30. The smallest absolute Gasteiger partial charge is 0.276 e. The first-order valence-corrected chi connectivity index (χ1v) is 6.92. The van der Waals surface area contributed by atoms with Crippen molar-refractivity contribution in [2.75, 3.05) is 17.7 Å². The molecule has 6 heteroatoms. The summed E-state index contributed by atoms with van der Waals surface area (Å²) in [4.78, 5) is 12.4. The van der Waals surface area contributed by atoms with Crippen LogP contribution in [-0.2, 0) is 6.54 Å². The van der Waals surface area contributed by atoms with Crippen LogP contribution in [0.15, 0.2) is 24.4 Å². The van der Waals surface area contributed by atoms with Crippen LogP contribution in [0.1, 0.15) is 29.9 Å². The third-order valence-electron chi connectivity index (χ3n) is 3.14. The Balaban J connectivity index is 2.21. The van der Waals surface area contributed by atoms with Crippen molar-refractivity contribution >= 4 is 17.3 Å². The number of hydrogen-bond donors (Lipinski definition) is 2. The molecule has 0 atom stereocenters. The first kappa shape index (κ1) is 14.9. The summed E-state index contributed by atoms with van der Waals surface area (Å²) >= 11 is 0. The van der Waals surface area contributed by atoms with E-state index in [-0.39, 0.29) is 5.91 Å². The summed E-state index contributed by atoms with van der Waals surface area (Å²) < 4.78 is 7.01. The molecular weight excluding hydrogens is 268 g/mol. The molecular formula is C15H20N4O2. The Morgan fingerprint density at radius 3 is 2.81 bits per heavy atom. The molecule has 6 nitrogen and oxygen atoms in total. The standard InChI is InChI=1S/C15H20N4O2/c1-4-19-14(12(16)9-17-19)15(20)18-13-7-6-11(21-5-2)8-10(13)3/h6-9H,4-5,16H2,1-3H3,(H,18,20). The van der Waals surface area contributed by atoms with E-state index >= 15 is 0 Å². The van der Waals surface area contributed by atoms with Crippen LogP contribution in [0, 0.1) is 6.92 Å². The van der Waals surface area contributed by atoms with Gasteiger partial charge in [-0.25, -0.2) is 0 Å². The fraction of sp³-hybridized carbons (Fsp3) is 0.333. The number of aromatic nitrogens is 2. The number of ether oxygens (including phenoxy) is 1. The largest absolute Gasteiger partial charge is 0.494 e. The number of benzene rings is 1. The van der Waals surface area contributed by atoms with Crippen molar-refractivity contribution in [3.63, 3.8) is 0 Å². The van der Waals surface area contributed by atoms with Crippen LogP contribution < -0.4 is 15.8 Å². The van der Waals surface area contributed by atoms with E-state index in [1.807, 2.05) is 39.0 Å². The maximum absolute atomic E-state index is 12.4. The molecule has 0 aliphatic rings. The fourth-order valence-corrected chi connectivity index (χ4v) is 2.10. The van der Waals surface area contributed by atoms with Crippen LogP contribution >= 0.6 is 0 Å². The third-order valence-corrected chi connectivity index (χ3v) is 3.14. The number of aryl methyl sites for hydroxylation is 2. The Kier molecular flexibility index (Phi) is 4.47. The van der Waals surface area contributed by atoms with Crippen molar-refractivity contribution < 1.29 is 9.53 Å². The van der Waals surface area contributed by atoms with Crippen LogP contribution in [0.5, 0.6) is 5.75 Å². The van der Waals surface area contributed by atoms with Gasteiger partial charge in [0.2, 0.25) is 0 Å². The number of nitrogens with one attached hydrogen (secondary N) is 1. The maximum Gasteiger partial charge on any atom is 0.276 e. The highest BCUT2D eigenvalue weighted by Crippen LogP contribution is 2.22.